The van der Waals surface area contributed by atoms with Crippen molar-refractivity contribution in [1.29, 1.82) is 0 Å². The Balaban J connectivity index is 2.20. The van der Waals surface area contributed by atoms with Crippen molar-refractivity contribution < 1.29 is 23.4 Å². The average molecular weight is 308 g/mol. The lowest BCUT2D eigenvalue weighted by atomic mass is 9.99. The summed E-state index contributed by atoms with van der Waals surface area (Å²) in [7, 11) is 0. The number of hydrogen-bond acceptors (Lipinski definition) is 4. The molecule has 1 aromatic rings. The summed E-state index contributed by atoms with van der Waals surface area (Å²) < 4.78 is 30.0. The molecule has 0 aliphatic carbocycles. The highest BCUT2D eigenvalue weighted by atomic mass is 19.1. The summed E-state index contributed by atoms with van der Waals surface area (Å²) in [5, 5.41) is 0. The van der Waals surface area contributed by atoms with Crippen molar-refractivity contribution in [1.82, 2.24) is 0 Å². The van der Waals surface area contributed by atoms with E-state index in [0.717, 1.165) is 0 Å². The highest BCUT2D eigenvalue weighted by Gasteiger charge is 2.24. The molecular formula is C17H21FO4. The smallest absolute Gasteiger partial charge is 0.330 e. The molecule has 1 aliphatic rings. The zero-order chi connectivity index (χ0) is 16.1. The van der Waals surface area contributed by atoms with Gasteiger partial charge in [-0.3, -0.25) is 0 Å². The van der Waals surface area contributed by atoms with E-state index >= 15 is 0 Å². The fourth-order valence-electron chi connectivity index (χ4n) is 2.09. The van der Waals surface area contributed by atoms with E-state index in [4.69, 9.17) is 14.2 Å². The second-order valence-electron chi connectivity index (χ2n) is 5.22. The topological polar surface area (TPSA) is 48.1 Å². The van der Waals surface area contributed by atoms with Gasteiger partial charge in [0.25, 0.3) is 0 Å². The minimum atomic E-state index is -0.491. The number of hydrogen-bond donors (Lipinski definition) is 0. The molecule has 5 heteroatoms. The van der Waals surface area contributed by atoms with E-state index in [-0.39, 0.29) is 24.6 Å². The first-order chi connectivity index (χ1) is 10.5. The van der Waals surface area contributed by atoms with Gasteiger partial charge in [-0.05, 0) is 38.0 Å². The Morgan fingerprint density at radius 3 is 2.91 bits per heavy atom. The van der Waals surface area contributed by atoms with Gasteiger partial charge in [-0.25, -0.2) is 9.18 Å². The van der Waals surface area contributed by atoms with Crippen LogP contribution in [0.2, 0.25) is 0 Å². The molecular weight excluding hydrogens is 287 g/mol. The van der Waals surface area contributed by atoms with Crippen LogP contribution in [0, 0.1) is 12.7 Å². The third kappa shape index (κ3) is 4.39. The van der Waals surface area contributed by atoms with Crippen LogP contribution >= 0.6 is 0 Å². The van der Waals surface area contributed by atoms with Crippen LogP contribution in [0.15, 0.2) is 18.2 Å². The number of epoxide rings is 1. The van der Waals surface area contributed by atoms with Crippen LogP contribution in [0.1, 0.15) is 36.6 Å². The number of ether oxygens (including phenoxy) is 3. The first kappa shape index (κ1) is 16.6. The summed E-state index contributed by atoms with van der Waals surface area (Å²) in [4.78, 5) is 11.4. The van der Waals surface area contributed by atoms with Crippen LogP contribution in [0.25, 0.3) is 6.08 Å². The molecule has 1 saturated heterocycles. The SMILES string of the molecule is CCOC(=O)/C=C/c1c(C(C)OC[C@H]2CO2)ccc(C)c1F. The maximum atomic E-state index is 14.4. The van der Waals surface area contributed by atoms with Crippen LogP contribution in [0.3, 0.4) is 0 Å². The Kier molecular flexibility index (Phi) is 5.69. The Labute approximate surface area is 129 Å². The maximum absolute atomic E-state index is 14.4. The molecule has 0 bridgehead atoms. The summed E-state index contributed by atoms with van der Waals surface area (Å²) in [6.45, 7) is 6.74. The van der Waals surface area contributed by atoms with Crippen molar-refractivity contribution in [2.75, 3.05) is 19.8 Å². The van der Waals surface area contributed by atoms with Crippen LogP contribution in [0.5, 0.6) is 0 Å². The minimum Gasteiger partial charge on any atom is -0.463 e. The normalized spacial score (nSPS) is 18.5. The van der Waals surface area contributed by atoms with E-state index in [0.29, 0.717) is 29.9 Å². The predicted octanol–water partition coefficient (Wildman–Crippen LogP) is 3.19. The highest BCUT2D eigenvalue weighted by Crippen LogP contribution is 2.27. The zero-order valence-electron chi connectivity index (χ0n) is 13.1. The summed E-state index contributed by atoms with van der Waals surface area (Å²) in [6, 6.07) is 3.53. The molecule has 4 nitrogen and oxygen atoms in total. The van der Waals surface area contributed by atoms with Gasteiger partial charge in [0.05, 0.1) is 25.9 Å². The number of rotatable bonds is 7. The summed E-state index contributed by atoms with van der Waals surface area (Å²) in [5.74, 6) is -0.842. The van der Waals surface area contributed by atoms with Crippen molar-refractivity contribution in [3.05, 3.63) is 40.7 Å². The summed E-state index contributed by atoms with van der Waals surface area (Å²) in [5.41, 5.74) is 1.58. The lowest BCUT2D eigenvalue weighted by Gasteiger charge is -2.17. The van der Waals surface area contributed by atoms with Crippen molar-refractivity contribution in [3.8, 4) is 0 Å². The van der Waals surface area contributed by atoms with E-state index in [1.807, 2.05) is 13.0 Å². The monoisotopic (exact) mass is 308 g/mol. The quantitative estimate of drug-likeness (QED) is 0.441. The lowest BCUT2D eigenvalue weighted by Crippen LogP contribution is -2.09. The summed E-state index contributed by atoms with van der Waals surface area (Å²) in [6.07, 6.45) is 2.54. The minimum absolute atomic E-state index is 0.149. The molecule has 1 aliphatic heterocycles. The van der Waals surface area contributed by atoms with E-state index in [1.165, 1.54) is 12.2 Å². The van der Waals surface area contributed by atoms with Crippen LogP contribution < -0.4 is 0 Å². The molecule has 1 fully saturated rings. The molecule has 0 N–H and O–H groups in total. The van der Waals surface area contributed by atoms with Gasteiger partial charge in [0.2, 0.25) is 0 Å². The average Bonchev–Trinajstić information content (AvgIpc) is 3.30. The van der Waals surface area contributed by atoms with Gasteiger partial charge >= 0.3 is 5.97 Å². The standard InChI is InChI=1S/C17H21FO4/c1-4-20-16(19)8-7-15-14(6-5-11(2)17(15)18)12(3)21-9-13-10-22-13/h5-8,12-13H,4,9-10H2,1-3H3/b8-7+/t12?,13-/m0/s1. The second-order valence-corrected chi connectivity index (χ2v) is 5.22. The fourth-order valence-corrected chi connectivity index (χ4v) is 2.09. The number of esters is 1. The summed E-state index contributed by atoms with van der Waals surface area (Å²) >= 11 is 0. The lowest BCUT2D eigenvalue weighted by molar-refractivity contribution is -0.137. The molecule has 0 radical (unpaired) electrons. The molecule has 2 atom stereocenters. The van der Waals surface area contributed by atoms with Crippen molar-refractivity contribution in [2.45, 2.75) is 33.0 Å². The molecule has 0 amide bonds. The van der Waals surface area contributed by atoms with Gasteiger partial charge in [0.15, 0.2) is 0 Å². The van der Waals surface area contributed by atoms with Crippen LogP contribution in [-0.4, -0.2) is 31.9 Å². The Morgan fingerprint density at radius 2 is 2.27 bits per heavy atom. The molecule has 1 aromatic carbocycles. The molecule has 22 heavy (non-hydrogen) atoms. The van der Waals surface area contributed by atoms with Gasteiger partial charge in [0.1, 0.15) is 11.9 Å². The predicted molar refractivity (Wildman–Crippen MR) is 80.9 cm³/mol. The van der Waals surface area contributed by atoms with E-state index < -0.39 is 5.97 Å². The third-order valence-electron chi connectivity index (χ3n) is 3.45. The van der Waals surface area contributed by atoms with Gasteiger partial charge in [-0.1, -0.05) is 12.1 Å². The Morgan fingerprint density at radius 1 is 1.55 bits per heavy atom. The van der Waals surface area contributed by atoms with Crippen molar-refractivity contribution in [2.24, 2.45) is 0 Å². The number of aryl methyl sites for hydroxylation is 1. The largest absolute Gasteiger partial charge is 0.463 e. The molecule has 0 spiro atoms. The van der Waals surface area contributed by atoms with Crippen LogP contribution in [-0.2, 0) is 19.0 Å². The zero-order valence-corrected chi connectivity index (χ0v) is 13.1. The number of carbonyl (C=O) groups excluding carboxylic acids is 1. The first-order valence-electron chi connectivity index (χ1n) is 7.40. The van der Waals surface area contributed by atoms with Crippen LogP contribution in [0.4, 0.5) is 4.39 Å². The van der Waals surface area contributed by atoms with E-state index in [2.05, 4.69) is 0 Å². The third-order valence-corrected chi connectivity index (χ3v) is 3.45. The van der Waals surface area contributed by atoms with E-state index in [9.17, 15) is 9.18 Å². The highest BCUT2D eigenvalue weighted by molar-refractivity contribution is 5.87. The molecule has 0 saturated carbocycles. The molecule has 0 aromatic heterocycles. The Bertz CT molecular complexity index is 564. The maximum Gasteiger partial charge on any atom is 0.330 e. The van der Waals surface area contributed by atoms with Gasteiger partial charge in [-0.2, -0.15) is 0 Å². The van der Waals surface area contributed by atoms with Gasteiger partial charge < -0.3 is 14.2 Å². The number of carbonyl (C=O) groups is 1. The molecule has 1 heterocycles. The first-order valence-corrected chi connectivity index (χ1v) is 7.40. The van der Waals surface area contributed by atoms with Gasteiger partial charge in [-0.15, -0.1) is 0 Å². The second kappa shape index (κ2) is 7.51. The van der Waals surface area contributed by atoms with Gasteiger partial charge in [0, 0.05) is 11.6 Å². The molecule has 1 unspecified atom stereocenters. The molecule has 2 rings (SSSR count). The Hall–Kier alpha value is -1.72. The fraction of sp³-hybridized carbons (Fsp3) is 0.471. The van der Waals surface area contributed by atoms with Crippen molar-refractivity contribution >= 4 is 12.0 Å². The van der Waals surface area contributed by atoms with E-state index in [1.54, 1.807) is 19.9 Å². The molecule has 120 valence electrons. The number of halogens is 1. The van der Waals surface area contributed by atoms with Crippen molar-refractivity contribution in [3.63, 3.8) is 0 Å². The number of benzene rings is 1.